The summed E-state index contributed by atoms with van der Waals surface area (Å²) in [6, 6.07) is 13.0. The Labute approximate surface area is 163 Å². The molecule has 3 rings (SSSR count). The highest BCUT2D eigenvalue weighted by atomic mass is 16.6. The Hall–Kier alpha value is -3.00. The highest BCUT2D eigenvalue weighted by Gasteiger charge is 2.46. The largest absolute Gasteiger partial charge is 0.465 e. The molecular formula is C20H24N4O4. The maximum atomic E-state index is 12.8. The lowest BCUT2D eigenvalue weighted by atomic mass is 9.87. The molecule has 0 amide bonds. The summed E-state index contributed by atoms with van der Waals surface area (Å²) in [6.45, 7) is 4.32. The van der Waals surface area contributed by atoms with Gasteiger partial charge in [0.1, 0.15) is 0 Å². The van der Waals surface area contributed by atoms with Crippen molar-refractivity contribution in [2.75, 3.05) is 31.6 Å². The lowest BCUT2D eigenvalue weighted by molar-refractivity contribution is -0.384. The molecule has 1 aliphatic heterocycles. The normalized spacial score (nSPS) is 19.3. The van der Waals surface area contributed by atoms with Crippen molar-refractivity contribution in [3.63, 3.8) is 0 Å². The molecule has 0 radical (unpaired) electrons. The molecule has 8 heteroatoms. The lowest BCUT2D eigenvalue weighted by Gasteiger charge is -2.27. The lowest BCUT2D eigenvalue weighted by Crippen LogP contribution is -2.42. The van der Waals surface area contributed by atoms with Crippen molar-refractivity contribution < 1.29 is 14.5 Å². The molecule has 1 unspecified atom stereocenters. The number of nitrogens with one attached hydrogen (secondary N) is 1. The first-order chi connectivity index (χ1) is 13.5. The monoisotopic (exact) mass is 384 g/mol. The minimum atomic E-state index is -0.768. The summed E-state index contributed by atoms with van der Waals surface area (Å²) in [5.41, 5.74) is 0.298. The van der Waals surface area contributed by atoms with Gasteiger partial charge >= 0.3 is 11.7 Å². The first-order valence-electron chi connectivity index (χ1n) is 9.31. The molecule has 1 N–H and O–H groups in total. The maximum absolute atomic E-state index is 12.8. The van der Waals surface area contributed by atoms with Crippen LogP contribution in [0.15, 0.2) is 48.7 Å². The van der Waals surface area contributed by atoms with E-state index in [9.17, 15) is 14.9 Å². The SMILES string of the molecule is CCOC(=O)C1(CNc2ncccc2[N+](=O)[O-])CCN(Cc2ccccc2)C1. The van der Waals surface area contributed by atoms with E-state index in [-0.39, 0.29) is 24.0 Å². The van der Waals surface area contributed by atoms with Crippen molar-refractivity contribution in [2.24, 2.45) is 5.41 Å². The number of carbonyl (C=O) groups is 1. The van der Waals surface area contributed by atoms with Gasteiger partial charge in [0.05, 0.1) is 16.9 Å². The molecule has 1 aromatic carbocycles. The number of pyridine rings is 1. The van der Waals surface area contributed by atoms with Crippen molar-refractivity contribution in [2.45, 2.75) is 19.9 Å². The predicted molar refractivity (Wildman–Crippen MR) is 105 cm³/mol. The van der Waals surface area contributed by atoms with Crippen molar-refractivity contribution in [3.8, 4) is 0 Å². The summed E-state index contributed by atoms with van der Waals surface area (Å²) < 4.78 is 5.33. The van der Waals surface area contributed by atoms with Crippen molar-refractivity contribution in [3.05, 3.63) is 64.3 Å². The molecule has 2 heterocycles. The Morgan fingerprint density at radius 2 is 2.11 bits per heavy atom. The van der Waals surface area contributed by atoms with Gasteiger partial charge in [0, 0.05) is 31.9 Å². The van der Waals surface area contributed by atoms with Crippen LogP contribution in [0.4, 0.5) is 11.5 Å². The molecule has 0 spiro atoms. The number of likely N-dealkylation sites (tertiary alicyclic amines) is 1. The number of nitrogens with zero attached hydrogens (tertiary/aromatic N) is 3. The van der Waals surface area contributed by atoms with Crippen LogP contribution >= 0.6 is 0 Å². The number of nitro groups is 1. The van der Waals surface area contributed by atoms with E-state index in [0.29, 0.717) is 19.6 Å². The summed E-state index contributed by atoms with van der Waals surface area (Å²) in [5, 5.41) is 14.2. The Balaban J connectivity index is 1.75. The summed E-state index contributed by atoms with van der Waals surface area (Å²) >= 11 is 0. The molecule has 28 heavy (non-hydrogen) atoms. The van der Waals surface area contributed by atoms with Crippen molar-refractivity contribution >= 4 is 17.5 Å². The van der Waals surface area contributed by atoms with Gasteiger partial charge in [0.15, 0.2) is 0 Å². The van der Waals surface area contributed by atoms with E-state index >= 15 is 0 Å². The standard InChI is InChI=1S/C20H24N4O4/c1-2-28-19(25)20(14-22-18-17(24(26)27)9-6-11-21-18)10-12-23(15-20)13-16-7-4-3-5-8-16/h3-9,11H,2,10,12-15H2,1H3,(H,21,22). The van der Waals surface area contributed by atoms with Gasteiger partial charge in [-0.15, -0.1) is 0 Å². The first kappa shape index (κ1) is 19.8. The van der Waals surface area contributed by atoms with Gasteiger partial charge in [-0.1, -0.05) is 30.3 Å². The highest BCUT2D eigenvalue weighted by Crippen LogP contribution is 2.34. The molecule has 1 saturated heterocycles. The fourth-order valence-corrected chi connectivity index (χ4v) is 3.54. The van der Waals surface area contributed by atoms with Crippen LogP contribution < -0.4 is 5.32 Å². The molecule has 1 aromatic heterocycles. The molecule has 1 atom stereocenters. The molecule has 2 aromatic rings. The molecule has 148 valence electrons. The van der Waals surface area contributed by atoms with Gasteiger partial charge in [0.25, 0.3) is 0 Å². The minimum Gasteiger partial charge on any atom is -0.465 e. The summed E-state index contributed by atoms with van der Waals surface area (Å²) in [4.78, 5) is 29.8. The van der Waals surface area contributed by atoms with Gasteiger partial charge in [-0.25, -0.2) is 4.98 Å². The fourth-order valence-electron chi connectivity index (χ4n) is 3.54. The molecule has 1 fully saturated rings. The number of anilines is 1. The number of ether oxygens (including phenoxy) is 1. The second-order valence-corrected chi connectivity index (χ2v) is 6.93. The number of hydrogen-bond acceptors (Lipinski definition) is 7. The predicted octanol–water partition coefficient (Wildman–Crippen LogP) is 2.86. The van der Waals surface area contributed by atoms with Crippen molar-refractivity contribution in [1.82, 2.24) is 9.88 Å². The quantitative estimate of drug-likeness (QED) is 0.424. The topological polar surface area (TPSA) is 97.6 Å². The maximum Gasteiger partial charge on any atom is 0.315 e. The summed E-state index contributed by atoms with van der Waals surface area (Å²) in [5.74, 6) is -0.116. The number of esters is 1. The second kappa shape index (κ2) is 8.79. The van der Waals surface area contributed by atoms with Gasteiger partial charge in [-0.3, -0.25) is 19.8 Å². The number of aromatic nitrogens is 1. The Morgan fingerprint density at radius 3 is 2.82 bits per heavy atom. The van der Waals surface area contributed by atoms with Crippen LogP contribution in [-0.4, -0.2) is 47.0 Å². The van der Waals surface area contributed by atoms with Gasteiger partial charge < -0.3 is 10.1 Å². The molecule has 0 bridgehead atoms. The average molecular weight is 384 g/mol. The van der Waals surface area contributed by atoms with Gasteiger partial charge in [-0.05, 0) is 31.5 Å². The van der Waals surface area contributed by atoms with Crippen LogP contribution in [0.1, 0.15) is 18.9 Å². The summed E-state index contributed by atoms with van der Waals surface area (Å²) in [7, 11) is 0. The minimum absolute atomic E-state index is 0.111. The van der Waals surface area contributed by atoms with E-state index < -0.39 is 10.3 Å². The van der Waals surface area contributed by atoms with Crippen LogP contribution in [0.25, 0.3) is 0 Å². The third kappa shape index (κ3) is 4.45. The second-order valence-electron chi connectivity index (χ2n) is 6.93. The van der Waals surface area contributed by atoms with Crippen LogP contribution in [0.3, 0.4) is 0 Å². The summed E-state index contributed by atoms with van der Waals surface area (Å²) in [6.07, 6.45) is 2.11. The zero-order valence-electron chi connectivity index (χ0n) is 15.8. The Kier molecular flexibility index (Phi) is 6.20. The van der Waals surface area contributed by atoms with Gasteiger partial charge in [0.2, 0.25) is 5.82 Å². The van der Waals surface area contributed by atoms with E-state index in [4.69, 9.17) is 4.74 Å². The number of rotatable bonds is 8. The third-order valence-corrected chi connectivity index (χ3v) is 4.97. The smallest absolute Gasteiger partial charge is 0.315 e. The molecular weight excluding hydrogens is 360 g/mol. The third-order valence-electron chi connectivity index (χ3n) is 4.97. The van der Waals surface area contributed by atoms with Crippen LogP contribution in [0, 0.1) is 15.5 Å². The Bertz CT molecular complexity index is 830. The zero-order chi connectivity index (χ0) is 20.0. The van der Waals surface area contributed by atoms with E-state index in [1.54, 1.807) is 6.92 Å². The van der Waals surface area contributed by atoms with Crippen LogP contribution in [-0.2, 0) is 16.1 Å². The van der Waals surface area contributed by atoms with Crippen LogP contribution in [0.5, 0.6) is 0 Å². The molecule has 8 nitrogen and oxygen atoms in total. The van der Waals surface area contributed by atoms with E-state index in [1.807, 2.05) is 18.2 Å². The number of hydrogen-bond donors (Lipinski definition) is 1. The van der Waals surface area contributed by atoms with E-state index in [1.165, 1.54) is 23.9 Å². The average Bonchev–Trinajstić information content (AvgIpc) is 3.12. The highest BCUT2D eigenvalue weighted by molar-refractivity contribution is 5.78. The zero-order valence-corrected chi connectivity index (χ0v) is 15.8. The fraction of sp³-hybridized carbons (Fsp3) is 0.400. The van der Waals surface area contributed by atoms with Gasteiger partial charge in [-0.2, -0.15) is 0 Å². The van der Waals surface area contributed by atoms with E-state index in [2.05, 4.69) is 27.3 Å². The van der Waals surface area contributed by atoms with Crippen molar-refractivity contribution in [1.29, 1.82) is 0 Å². The molecule has 1 aliphatic rings. The number of benzene rings is 1. The Morgan fingerprint density at radius 1 is 1.32 bits per heavy atom. The number of carbonyl (C=O) groups excluding carboxylic acids is 1. The molecule has 0 aliphatic carbocycles. The van der Waals surface area contributed by atoms with E-state index in [0.717, 1.165) is 13.1 Å². The molecule has 0 saturated carbocycles. The first-order valence-corrected chi connectivity index (χ1v) is 9.31. The van der Waals surface area contributed by atoms with Crippen LogP contribution in [0.2, 0.25) is 0 Å².